The highest BCUT2D eigenvalue weighted by Crippen LogP contribution is 2.28. The Labute approximate surface area is 90.6 Å². The van der Waals surface area contributed by atoms with Crippen molar-refractivity contribution >= 4 is 15.9 Å². The molecular weight excluding hydrogens is 251 g/mol. The summed E-state index contributed by atoms with van der Waals surface area (Å²) in [4.78, 5) is 3.68. The van der Waals surface area contributed by atoms with Gasteiger partial charge in [0.15, 0.2) is 5.83 Å². The van der Waals surface area contributed by atoms with E-state index in [-0.39, 0.29) is 11.9 Å². The van der Waals surface area contributed by atoms with Gasteiger partial charge in [0.1, 0.15) is 5.82 Å². The van der Waals surface area contributed by atoms with Crippen LogP contribution < -0.4 is 0 Å². The number of halogens is 2. The van der Waals surface area contributed by atoms with E-state index in [0.717, 1.165) is 4.48 Å². The Kier molecular flexibility index (Phi) is 2.53. The number of likely N-dealkylation sites (tertiary alicyclic amines) is 1. The molecule has 5 heteroatoms. The average molecular weight is 263 g/mol. The number of likely N-dealkylation sites (N-methyl/N-ethyl adjacent to an activating group) is 1. The van der Waals surface area contributed by atoms with Crippen molar-refractivity contribution in [1.82, 2.24) is 9.80 Å². The summed E-state index contributed by atoms with van der Waals surface area (Å²) in [6.45, 7) is 1.73. The molecule has 1 saturated heterocycles. The van der Waals surface area contributed by atoms with Gasteiger partial charge in [-0.1, -0.05) is 15.9 Å². The van der Waals surface area contributed by atoms with Crippen LogP contribution in [0.5, 0.6) is 0 Å². The Morgan fingerprint density at radius 2 is 2.21 bits per heavy atom. The molecule has 0 radical (unpaired) electrons. The van der Waals surface area contributed by atoms with Gasteiger partial charge >= 0.3 is 0 Å². The van der Waals surface area contributed by atoms with Crippen LogP contribution in [0, 0.1) is 0 Å². The topological polar surface area (TPSA) is 26.7 Å². The zero-order valence-electron chi connectivity index (χ0n) is 7.87. The van der Waals surface area contributed by atoms with E-state index in [1.54, 1.807) is 0 Å². The monoisotopic (exact) mass is 262 g/mol. The maximum atomic E-state index is 13.6. The van der Waals surface area contributed by atoms with Crippen molar-refractivity contribution in [3.63, 3.8) is 0 Å². The van der Waals surface area contributed by atoms with Crippen LogP contribution in [0.1, 0.15) is 0 Å². The smallest absolute Gasteiger partial charge is 0.164 e. The molecule has 1 fully saturated rings. The highest BCUT2D eigenvalue weighted by atomic mass is 79.9. The van der Waals surface area contributed by atoms with Gasteiger partial charge in [-0.15, -0.1) is 0 Å². The summed E-state index contributed by atoms with van der Waals surface area (Å²) < 4.78 is 14.4. The molecule has 0 aromatic heterocycles. The number of allylic oxidation sites excluding steroid dienone is 2. The Morgan fingerprint density at radius 3 is 2.71 bits per heavy atom. The first-order valence-corrected chi connectivity index (χ1v) is 5.27. The molecule has 3 nitrogen and oxygen atoms in total. The van der Waals surface area contributed by atoms with Crippen molar-refractivity contribution in [2.45, 2.75) is 6.10 Å². The third-order valence-corrected chi connectivity index (χ3v) is 2.89. The van der Waals surface area contributed by atoms with Crippen LogP contribution >= 0.6 is 15.9 Å². The van der Waals surface area contributed by atoms with Crippen LogP contribution in [0.3, 0.4) is 0 Å². The van der Waals surface area contributed by atoms with E-state index in [1.807, 2.05) is 16.8 Å². The molecule has 2 rings (SSSR count). The summed E-state index contributed by atoms with van der Waals surface area (Å²) in [5, 5.41) is 9.14. The van der Waals surface area contributed by atoms with Crippen LogP contribution in [0.25, 0.3) is 0 Å². The molecule has 0 aromatic carbocycles. The van der Waals surface area contributed by atoms with Gasteiger partial charge in [0, 0.05) is 24.6 Å². The number of rotatable bonds is 1. The first kappa shape index (κ1) is 9.98. The molecule has 0 aliphatic carbocycles. The third kappa shape index (κ3) is 1.66. The van der Waals surface area contributed by atoms with Gasteiger partial charge in [0.05, 0.1) is 12.6 Å². The molecule has 2 aliphatic rings. The predicted molar refractivity (Wildman–Crippen MR) is 55.4 cm³/mol. The number of hydrogen-bond acceptors (Lipinski definition) is 3. The van der Waals surface area contributed by atoms with Crippen LogP contribution in [0.2, 0.25) is 0 Å². The third-order valence-electron chi connectivity index (χ3n) is 2.41. The minimum atomic E-state index is -0.307. The SMILES string of the molecule is CN1CC(Br)=CC(F)=C1N1CC(O)C1. The molecule has 0 amide bonds. The lowest BCUT2D eigenvalue weighted by Gasteiger charge is -2.43. The van der Waals surface area contributed by atoms with Gasteiger partial charge in [-0.3, -0.25) is 0 Å². The number of aliphatic hydroxyl groups excluding tert-OH is 1. The molecule has 0 unspecified atom stereocenters. The van der Waals surface area contributed by atoms with E-state index in [9.17, 15) is 4.39 Å². The average Bonchev–Trinajstić information content (AvgIpc) is 1.99. The van der Waals surface area contributed by atoms with E-state index in [2.05, 4.69) is 15.9 Å². The second kappa shape index (κ2) is 3.55. The van der Waals surface area contributed by atoms with Gasteiger partial charge in [-0.2, -0.15) is 0 Å². The van der Waals surface area contributed by atoms with Crippen molar-refractivity contribution in [3.05, 3.63) is 22.2 Å². The Hall–Kier alpha value is -0.550. The zero-order valence-corrected chi connectivity index (χ0v) is 9.46. The summed E-state index contributed by atoms with van der Waals surface area (Å²) in [6.07, 6.45) is 1.18. The van der Waals surface area contributed by atoms with Gasteiger partial charge in [0.25, 0.3) is 0 Å². The maximum absolute atomic E-state index is 13.6. The Morgan fingerprint density at radius 1 is 1.57 bits per heavy atom. The molecular formula is C9H12BrFN2O. The second-order valence-corrected chi connectivity index (χ2v) is 4.70. The van der Waals surface area contributed by atoms with E-state index >= 15 is 0 Å². The summed E-state index contributed by atoms with van der Waals surface area (Å²) >= 11 is 3.27. The molecule has 0 saturated carbocycles. The number of hydrogen-bond donors (Lipinski definition) is 1. The minimum absolute atomic E-state index is 0.238. The highest BCUT2D eigenvalue weighted by molar-refractivity contribution is 9.11. The summed E-state index contributed by atoms with van der Waals surface area (Å²) in [7, 11) is 1.84. The van der Waals surface area contributed by atoms with Gasteiger partial charge < -0.3 is 14.9 Å². The standard InChI is InChI=1S/C9H12BrFN2O/c1-12-3-6(10)2-8(11)9(12)13-4-7(14)5-13/h2,7,14H,3-5H2,1H3. The van der Waals surface area contributed by atoms with Gasteiger partial charge in [-0.05, 0) is 6.08 Å². The van der Waals surface area contributed by atoms with Gasteiger partial charge in [-0.25, -0.2) is 4.39 Å². The number of aliphatic hydroxyl groups is 1. The van der Waals surface area contributed by atoms with Crippen LogP contribution in [-0.4, -0.2) is 47.7 Å². The van der Waals surface area contributed by atoms with E-state index in [1.165, 1.54) is 6.08 Å². The quantitative estimate of drug-likeness (QED) is 0.765. The molecule has 0 atom stereocenters. The summed E-state index contributed by atoms with van der Waals surface area (Å²) in [5.74, 6) is 0.344. The van der Waals surface area contributed by atoms with Crippen LogP contribution in [0.4, 0.5) is 4.39 Å². The molecule has 14 heavy (non-hydrogen) atoms. The molecule has 1 N–H and O–H groups in total. The summed E-state index contributed by atoms with van der Waals surface area (Å²) in [5.41, 5.74) is 0. The minimum Gasteiger partial charge on any atom is -0.389 e. The fraction of sp³-hybridized carbons (Fsp3) is 0.556. The zero-order chi connectivity index (χ0) is 10.3. The highest BCUT2D eigenvalue weighted by Gasteiger charge is 2.31. The molecule has 0 aromatic rings. The van der Waals surface area contributed by atoms with Crippen molar-refractivity contribution in [2.24, 2.45) is 0 Å². The molecule has 0 spiro atoms. The first-order valence-electron chi connectivity index (χ1n) is 4.48. The van der Waals surface area contributed by atoms with Gasteiger partial charge in [0.2, 0.25) is 0 Å². The molecule has 78 valence electrons. The molecule has 2 heterocycles. The summed E-state index contributed by atoms with van der Waals surface area (Å²) in [6, 6.07) is 0. The fourth-order valence-electron chi connectivity index (χ4n) is 1.75. The Bertz CT molecular complexity index is 310. The van der Waals surface area contributed by atoms with Crippen LogP contribution in [0.15, 0.2) is 22.2 Å². The fourth-order valence-corrected chi connectivity index (χ4v) is 2.33. The van der Waals surface area contributed by atoms with Crippen molar-refractivity contribution in [3.8, 4) is 0 Å². The van der Waals surface area contributed by atoms with Crippen molar-refractivity contribution in [1.29, 1.82) is 0 Å². The lowest BCUT2D eigenvalue weighted by atomic mass is 10.1. The number of nitrogens with zero attached hydrogens (tertiary/aromatic N) is 2. The lowest BCUT2D eigenvalue weighted by Crippen LogP contribution is -2.53. The van der Waals surface area contributed by atoms with Crippen molar-refractivity contribution < 1.29 is 9.50 Å². The molecule has 0 bridgehead atoms. The number of β-amino-alcohol motifs (C(OH)–C–C–N with tert-alkyl or cyclic N) is 1. The predicted octanol–water partition coefficient (Wildman–Crippen LogP) is 1.03. The maximum Gasteiger partial charge on any atom is 0.164 e. The van der Waals surface area contributed by atoms with Crippen molar-refractivity contribution in [2.75, 3.05) is 26.7 Å². The Balaban J connectivity index is 2.19. The van der Waals surface area contributed by atoms with E-state index in [0.29, 0.717) is 25.5 Å². The van der Waals surface area contributed by atoms with E-state index in [4.69, 9.17) is 5.11 Å². The van der Waals surface area contributed by atoms with Crippen LogP contribution in [-0.2, 0) is 0 Å². The largest absolute Gasteiger partial charge is 0.389 e. The normalized spacial score (nSPS) is 23.9. The lowest BCUT2D eigenvalue weighted by molar-refractivity contribution is 0.00526. The molecule has 2 aliphatic heterocycles. The van der Waals surface area contributed by atoms with E-state index < -0.39 is 0 Å². The first-order chi connectivity index (χ1) is 6.58. The second-order valence-electron chi connectivity index (χ2n) is 3.68.